The average molecular weight is 206 g/mol. The van der Waals surface area contributed by atoms with Crippen LogP contribution >= 0.6 is 0 Å². The van der Waals surface area contributed by atoms with E-state index in [0.717, 1.165) is 23.7 Å². The van der Waals surface area contributed by atoms with Crippen molar-refractivity contribution in [1.82, 2.24) is 4.98 Å². The summed E-state index contributed by atoms with van der Waals surface area (Å²) >= 11 is 0. The van der Waals surface area contributed by atoms with Crippen LogP contribution in [0, 0.1) is 12.3 Å². The van der Waals surface area contributed by atoms with Crippen LogP contribution < -0.4 is 10.1 Å². The van der Waals surface area contributed by atoms with Gasteiger partial charge in [-0.2, -0.15) is 0 Å². The number of pyridine rings is 1. The quantitative estimate of drug-likeness (QED) is 0.822. The Bertz CT molecular complexity index is 359. The number of methoxy groups -OCH3 is 1. The Kier molecular flexibility index (Phi) is 2.55. The maximum absolute atomic E-state index is 5.26. The minimum Gasteiger partial charge on any atom is -0.493 e. The van der Waals surface area contributed by atoms with Gasteiger partial charge in [-0.25, -0.2) is 0 Å². The molecule has 0 atom stereocenters. The molecule has 0 spiro atoms. The molecule has 3 heteroatoms. The van der Waals surface area contributed by atoms with Gasteiger partial charge >= 0.3 is 0 Å². The number of hydrogen-bond acceptors (Lipinski definition) is 3. The zero-order chi connectivity index (χ0) is 10.9. The van der Waals surface area contributed by atoms with Crippen LogP contribution in [-0.2, 0) is 0 Å². The summed E-state index contributed by atoms with van der Waals surface area (Å²) in [6.07, 6.45) is 4.42. The Morgan fingerprint density at radius 3 is 2.87 bits per heavy atom. The molecule has 0 aliphatic heterocycles. The van der Waals surface area contributed by atoms with Crippen molar-refractivity contribution in [2.45, 2.75) is 26.7 Å². The third kappa shape index (κ3) is 2.41. The van der Waals surface area contributed by atoms with E-state index in [1.165, 1.54) is 12.8 Å². The van der Waals surface area contributed by atoms with Crippen LogP contribution in [0.3, 0.4) is 0 Å². The SMILES string of the molecule is COc1cnc(C)cc1NCC1(C)CC1. The lowest BCUT2D eigenvalue weighted by molar-refractivity contribution is 0.414. The van der Waals surface area contributed by atoms with Crippen LogP contribution in [0.1, 0.15) is 25.5 Å². The molecular weight excluding hydrogens is 188 g/mol. The van der Waals surface area contributed by atoms with E-state index < -0.39 is 0 Å². The number of aromatic nitrogens is 1. The molecule has 2 rings (SSSR count). The molecular formula is C12H18N2O. The first-order chi connectivity index (χ1) is 7.13. The van der Waals surface area contributed by atoms with Crippen LogP contribution in [0.4, 0.5) is 5.69 Å². The van der Waals surface area contributed by atoms with Gasteiger partial charge in [-0.3, -0.25) is 4.98 Å². The predicted octanol–water partition coefficient (Wildman–Crippen LogP) is 2.61. The Morgan fingerprint density at radius 2 is 2.27 bits per heavy atom. The fourth-order valence-corrected chi connectivity index (χ4v) is 1.55. The zero-order valence-electron chi connectivity index (χ0n) is 9.63. The molecule has 1 aliphatic carbocycles. The molecule has 1 saturated carbocycles. The maximum Gasteiger partial charge on any atom is 0.160 e. The van der Waals surface area contributed by atoms with Crippen molar-refractivity contribution in [2.75, 3.05) is 19.0 Å². The summed E-state index contributed by atoms with van der Waals surface area (Å²) < 4.78 is 5.26. The van der Waals surface area contributed by atoms with Crippen LogP contribution in [0.2, 0.25) is 0 Å². The second kappa shape index (κ2) is 3.72. The fourth-order valence-electron chi connectivity index (χ4n) is 1.55. The molecule has 0 aromatic carbocycles. The molecule has 1 aromatic rings. The van der Waals surface area contributed by atoms with E-state index in [-0.39, 0.29) is 0 Å². The van der Waals surface area contributed by atoms with Gasteiger partial charge in [0.2, 0.25) is 0 Å². The second-order valence-electron chi connectivity index (χ2n) is 4.69. The standard InChI is InChI=1S/C12H18N2O/c1-9-6-10(11(15-3)7-13-9)14-8-12(2)4-5-12/h6-7H,4-5,8H2,1-3H3,(H,13,14). The molecule has 15 heavy (non-hydrogen) atoms. The molecule has 1 aliphatic rings. The van der Waals surface area contributed by atoms with E-state index in [9.17, 15) is 0 Å². The highest BCUT2D eigenvalue weighted by atomic mass is 16.5. The number of anilines is 1. The van der Waals surface area contributed by atoms with E-state index in [1.54, 1.807) is 13.3 Å². The number of ether oxygens (including phenoxy) is 1. The topological polar surface area (TPSA) is 34.1 Å². The molecule has 82 valence electrons. The van der Waals surface area contributed by atoms with Crippen molar-refractivity contribution in [3.05, 3.63) is 18.0 Å². The van der Waals surface area contributed by atoms with Crippen molar-refractivity contribution >= 4 is 5.69 Å². The van der Waals surface area contributed by atoms with Crippen LogP contribution in [-0.4, -0.2) is 18.6 Å². The van der Waals surface area contributed by atoms with Gasteiger partial charge < -0.3 is 10.1 Å². The maximum atomic E-state index is 5.26. The zero-order valence-corrected chi connectivity index (χ0v) is 9.63. The summed E-state index contributed by atoms with van der Waals surface area (Å²) in [5, 5.41) is 3.44. The normalized spacial score (nSPS) is 17.3. The van der Waals surface area contributed by atoms with E-state index in [0.29, 0.717) is 5.41 Å². The largest absolute Gasteiger partial charge is 0.493 e. The molecule has 0 unspecified atom stereocenters. The van der Waals surface area contributed by atoms with Gasteiger partial charge in [-0.1, -0.05) is 6.92 Å². The summed E-state index contributed by atoms with van der Waals surface area (Å²) in [5.41, 5.74) is 2.57. The molecule has 0 radical (unpaired) electrons. The van der Waals surface area contributed by atoms with E-state index in [4.69, 9.17) is 4.74 Å². The van der Waals surface area contributed by atoms with Crippen LogP contribution in [0.5, 0.6) is 5.75 Å². The van der Waals surface area contributed by atoms with Crippen molar-refractivity contribution in [3.8, 4) is 5.75 Å². The van der Waals surface area contributed by atoms with Gasteiger partial charge in [0.1, 0.15) is 0 Å². The van der Waals surface area contributed by atoms with Crippen LogP contribution in [0.25, 0.3) is 0 Å². The Balaban J connectivity index is 2.08. The fraction of sp³-hybridized carbons (Fsp3) is 0.583. The summed E-state index contributed by atoms with van der Waals surface area (Å²) in [7, 11) is 1.68. The Labute approximate surface area is 90.9 Å². The summed E-state index contributed by atoms with van der Waals surface area (Å²) in [6.45, 7) is 5.32. The van der Waals surface area contributed by atoms with E-state index in [2.05, 4.69) is 17.2 Å². The molecule has 0 amide bonds. The number of rotatable bonds is 4. The third-order valence-electron chi connectivity index (χ3n) is 3.03. The monoisotopic (exact) mass is 206 g/mol. The number of nitrogens with zero attached hydrogens (tertiary/aromatic N) is 1. The highest BCUT2D eigenvalue weighted by molar-refractivity contribution is 5.56. The average Bonchev–Trinajstić information content (AvgIpc) is 2.95. The minimum atomic E-state index is 0.502. The summed E-state index contributed by atoms with van der Waals surface area (Å²) in [5.74, 6) is 0.824. The highest BCUT2D eigenvalue weighted by Gasteiger charge is 2.36. The van der Waals surface area contributed by atoms with Gasteiger partial charge in [0.25, 0.3) is 0 Å². The smallest absolute Gasteiger partial charge is 0.160 e. The van der Waals surface area contributed by atoms with Crippen molar-refractivity contribution in [2.24, 2.45) is 5.41 Å². The summed E-state index contributed by atoms with van der Waals surface area (Å²) in [4.78, 5) is 4.21. The lowest BCUT2D eigenvalue weighted by atomic mass is 10.1. The molecule has 0 saturated heterocycles. The molecule has 1 heterocycles. The predicted molar refractivity (Wildman–Crippen MR) is 61.4 cm³/mol. The van der Waals surface area contributed by atoms with Crippen molar-refractivity contribution < 1.29 is 4.74 Å². The van der Waals surface area contributed by atoms with Gasteiger partial charge in [-0.15, -0.1) is 0 Å². The van der Waals surface area contributed by atoms with Gasteiger partial charge in [0, 0.05) is 12.2 Å². The van der Waals surface area contributed by atoms with E-state index >= 15 is 0 Å². The third-order valence-corrected chi connectivity index (χ3v) is 3.03. The second-order valence-corrected chi connectivity index (χ2v) is 4.69. The Morgan fingerprint density at radius 1 is 1.53 bits per heavy atom. The van der Waals surface area contributed by atoms with Crippen molar-refractivity contribution in [3.63, 3.8) is 0 Å². The molecule has 0 bridgehead atoms. The van der Waals surface area contributed by atoms with Crippen LogP contribution in [0.15, 0.2) is 12.3 Å². The van der Waals surface area contributed by atoms with Crippen molar-refractivity contribution in [1.29, 1.82) is 0 Å². The van der Waals surface area contributed by atoms with Gasteiger partial charge in [-0.05, 0) is 31.2 Å². The number of nitrogens with one attached hydrogen (secondary N) is 1. The first-order valence-electron chi connectivity index (χ1n) is 5.37. The van der Waals surface area contributed by atoms with Gasteiger partial charge in [0.05, 0.1) is 19.0 Å². The minimum absolute atomic E-state index is 0.502. The lowest BCUT2D eigenvalue weighted by Gasteiger charge is -2.14. The molecule has 1 aromatic heterocycles. The van der Waals surface area contributed by atoms with E-state index in [1.807, 2.05) is 13.0 Å². The Hall–Kier alpha value is -1.25. The first-order valence-corrected chi connectivity index (χ1v) is 5.37. The lowest BCUT2D eigenvalue weighted by Crippen LogP contribution is -2.12. The molecule has 3 nitrogen and oxygen atoms in total. The first kappa shape index (κ1) is 10.3. The molecule has 1 N–H and O–H groups in total. The van der Waals surface area contributed by atoms with Gasteiger partial charge in [0.15, 0.2) is 5.75 Å². The highest BCUT2D eigenvalue weighted by Crippen LogP contribution is 2.45. The number of hydrogen-bond donors (Lipinski definition) is 1. The number of aryl methyl sites for hydroxylation is 1. The molecule has 1 fully saturated rings. The summed E-state index contributed by atoms with van der Waals surface area (Å²) in [6, 6.07) is 2.03.